The lowest BCUT2D eigenvalue weighted by Crippen LogP contribution is -1.99. The molecule has 0 aliphatic carbocycles. The van der Waals surface area contributed by atoms with Crippen LogP contribution in [-0.4, -0.2) is 28.4 Å². The first-order valence-corrected chi connectivity index (χ1v) is 8.59. The molecule has 4 heteroatoms. The van der Waals surface area contributed by atoms with Gasteiger partial charge in [0.1, 0.15) is 11.5 Å². The van der Waals surface area contributed by atoms with Gasteiger partial charge in [-0.15, -0.1) is 0 Å². The predicted octanol–water partition coefficient (Wildman–Crippen LogP) is 5.16. The summed E-state index contributed by atoms with van der Waals surface area (Å²) in [6, 6.07) is 19.3. The van der Waals surface area contributed by atoms with E-state index < -0.39 is 0 Å². The standard InChI is InChI=1S/C23H23O4/c1-15-14-20(16-6-10-18(24-2)11-7-16)21(23(27-5)22(15)26-4)17-8-12-19(25-3)13-9-17/h6-13H,1-5H3. The Bertz CT molecular complexity index is 913. The zero-order chi connectivity index (χ0) is 19.4. The Morgan fingerprint density at radius 3 is 1.52 bits per heavy atom. The lowest BCUT2D eigenvalue weighted by molar-refractivity contribution is 0.354. The van der Waals surface area contributed by atoms with Crippen LogP contribution in [0.1, 0.15) is 5.56 Å². The van der Waals surface area contributed by atoms with Crippen molar-refractivity contribution in [1.82, 2.24) is 0 Å². The van der Waals surface area contributed by atoms with Crippen LogP contribution in [0.15, 0.2) is 48.5 Å². The van der Waals surface area contributed by atoms with Crippen molar-refractivity contribution < 1.29 is 18.9 Å². The first kappa shape index (κ1) is 18.6. The van der Waals surface area contributed by atoms with Gasteiger partial charge in [-0.05, 0) is 48.4 Å². The molecule has 0 spiro atoms. The number of methoxy groups -OCH3 is 4. The van der Waals surface area contributed by atoms with Crippen LogP contribution in [0.4, 0.5) is 0 Å². The Hall–Kier alpha value is -3.14. The van der Waals surface area contributed by atoms with Gasteiger partial charge >= 0.3 is 0 Å². The number of rotatable bonds is 6. The van der Waals surface area contributed by atoms with Crippen molar-refractivity contribution in [3.8, 4) is 45.3 Å². The fraction of sp³-hybridized carbons (Fsp3) is 0.217. The smallest absolute Gasteiger partial charge is 0.169 e. The maximum atomic E-state index is 5.77. The molecule has 3 rings (SSSR count). The quantitative estimate of drug-likeness (QED) is 0.606. The molecule has 0 saturated heterocycles. The fourth-order valence-corrected chi connectivity index (χ4v) is 3.15. The molecule has 0 aromatic heterocycles. The molecular weight excluding hydrogens is 340 g/mol. The van der Waals surface area contributed by atoms with Crippen LogP contribution >= 0.6 is 0 Å². The SMILES string of the molecule is COc1ccc(-c2[c]c(C)c(OC)c(OC)c2-c2ccc(OC)cc2)cc1. The summed E-state index contributed by atoms with van der Waals surface area (Å²) in [5.41, 5.74) is 4.77. The Balaban J connectivity index is 2.28. The highest BCUT2D eigenvalue weighted by Crippen LogP contribution is 2.46. The Morgan fingerprint density at radius 1 is 0.593 bits per heavy atom. The lowest BCUT2D eigenvalue weighted by atomic mass is 9.91. The molecule has 0 atom stereocenters. The van der Waals surface area contributed by atoms with Gasteiger partial charge in [0.15, 0.2) is 11.5 Å². The highest BCUT2D eigenvalue weighted by atomic mass is 16.5. The molecule has 27 heavy (non-hydrogen) atoms. The molecule has 139 valence electrons. The highest BCUT2D eigenvalue weighted by molar-refractivity contribution is 5.90. The summed E-state index contributed by atoms with van der Waals surface area (Å²) in [5, 5.41) is 0. The first-order chi connectivity index (χ1) is 13.1. The second-order valence-corrected chi connectivity index (χ2v) is 6.02. The van der Waals surface area contributed by atoms with Gasteiger partial charge < -0.3 is 18.9 Å². The molecule has 0 unspecified atom stereocenters. The van der Waals surface area contributed by atoms with E-state index in [1.165, 1.54) is 0 Å². The molecular formula is C23H23O4. The molecule has 3 aromatic rings. The van der Waals surface area contributed by atoms with Crippen LogP contribution in [0.2, 0.25) is 0 Å². The van der Waals surface area contributed by atoms with E-state index in [-0.39, 0.29) is 0 Å². The van der Waals surface area contributed by atoms with Gasteiger partial charge in [-0.3, -0.25) is 0 Å². The van der Waals surface area contributed by atoms with Crippen molar-refractivity contribution in [3.63, 3.8) is 0 Å². The Kier molecular flexibility index (Phi) is 5.55. The summed E-state index contributed by atoms with van der Waals surface area (Å²) < 4.78 is 21.9. The summed E-state index contributed by atoms with van der Waals surface area (Å²) in [7, 11) is 6.61. The molecule has 1 radical (unpaired) electrons. The molecule has 0 heterocycles. The Labute approximate surface area is 160 Å². The fourth-order valence-electron chi connectivity index (χ4n) is 3.15. The molecule has 0 aliphatic heterocycles. The van der Waals surface area contributed by atoms with Crippen LogP contribution in [0, 0.1) is 13.0 Å². The summed E-state index contributed by atoms with van der Waals surface area (Å²) in [4.78, 5) is 0. The van der Waals surface area contributed by atoms with E-state index >= 15 is 0 Å². The van der Waals surface area contributed by atoms with E-state index in [4.69, 9.17) is 18.9 Å². The van der Waals surface area contributed by atoms with Crippen molar-refractivity contribution >= 4 is 0 Å². The van der Waals surface area contributed by atoms with E-state index in [1.807, 2.05) is 55.5 Å². The van der Waals surface area contributed by atoms with Gasteiger partial charge in [0.25, 0.3) is 0 Å². The normalized spacial score (nSPS) is 10.4. The van der Waals surface area contributed by atoms with Gasteiger partial charge in [-0.25, -0.2) is 0 Å². The van der Waals surface area contributed by atoms with Gasteiger partial charge in [0.05, 0.1) is 28.4 Å². The minimum Gasteiger partial charge on any atom is -0.497 e. The summed E-state index contributed by atoms with van der Waals surface area (Å²) in [5.74, 6) is 2.97. The topological polar surface area (TPSA) is 36.9 Å². The maximum Gasteiger partial charge on any atom is 0.169 e. The number of benzene rings is 3. The van der Waals surface area contributed by atoms with Crippen LogP contribution < -0.4 is 18.9 Å². The zero-order valence-electron chi connectivity index (χ0n) is 16.3. The van der Waals surface area contributed by atoms with E-state index in [1.54, 1.807) is 28.4 Å². The van der Waals surface area contributed by atoms with E-state index in [0.29, 0.717) is 11.5 Å². The van der Waals surface area contributed by atoms with Crippen molar-refractivity contribution in [1.29, 1.82) is 0 Å². The third kappa shape index (κ3) is 3.56. The average Bonchev–Trinajstić information content (AvgIpc) is 2.73. The largest absolute Gasteiger partial charge is 0.497 e. The average molecular weight is 363 g/mol. The second-order valence-electron chi connectivity index (χ2n) is 6.02. The van der Waals surface area contributed by atoms with E-state index in [0.717, 1.165) is 39.3 Å². The van der Waals surface area contributed by atoms with Crippen LogP contribution in [0.25, 0.3) is 22.3 Å². The predicted molar refractivity (Wildman–Crippen MR) is 107 cm³/mol. The van der Waals surface area contributed by atoms with Crippen molar-refractivity contribution in [2.75, 3.05) is 28.4 Å². The minimum atomic E-state index is 0.681. The van der Waals surface area contributed by atoms with Gasteiger partial charge in [0.2, 0.25) is 0 Å². The number of hydrogen-bond acceptors (Lipinski definition) is 4. The maximum absolute atomic E-state index is 5.77. The number of hydrogen-bond donors (Lipinski definition) is 0. The first-order valence-electron chi connectivity index (χ1n) is 8.59. The monoisotopic (exact) mass is 363 g/mol. The lowest BCUT2D eigenvalue weighted by Gasteiger charge is -2.19. The van der Waals surface area contributed by atoms with Crippen LogP contribution in [-0.2, 0) is 0 Å². The van der Waals surface area contributed by atoms with Gasteiger partial charge in [0, 0.05) is 16.7 Å². The molecule has 0 bridgehead atoms. The van der Waals surface area contributed by atoms with Crippen molar-refractivity contribution in [3.05, 3.63) is 60.2 Å². The van der Waals surface area contributed by atoms with Crippen LogP contribution in [0.5, 0.6) is 23.0 Å². The second kappa shape index (κ2) is 8.04. The molecule has 0 N–H and O–H groups in total. The summed E-state index contributed by atoms with van der Waals surface area (Å²) >= 11 is 0. The molecule has 0 fully saturated rings. The summed E-state index contributed by atoms with van der Waals surface area (Å²) in [6.07, 6.45) is 0. The third-order valence-electron chi connectivity index (χ3n) is 4.50. The van der Waals surface area contributed by atoms with Crippen molar-refractivity contribution in [2.24, 2.45) is 0 Å². The molecule has 4 nitrogen and oxygen atoms in total. The van der Waals surface area contributed by atoms with Gasteiger partial charge in [-0.1, -0.05) is 24.3 Å². The third-order valence-corrected chi connectivity index (χ3v) is 4.50. The zero-order valence-corrected chi connectivity index (χ0v) is 16.3. The van der Waals surface area contributed by atoms with Crippen molar-refractivity contribution in [2.45, 2.75) is 6.92 Å². The van der Waals surface area contributed by atoms with E-state index in [9.17, 15) is 0 Å². The number of aryl methyl sites for hydroxylation is 1. The molecule has 0 amide bonds. The number of ether oxygens (including phenoxy) is 4. The highest BCUT2D eigenvalue weighted by Gasteiger charge is 2.21. The molecule has 0 aliphatic rings. The van der Waals surface area contributed by atoms with E-state index in [2.05, 4.69) is 6.07 Å². The molecule has 0 saturated carbocycles. The van der Waals surface area contributed by atoms with Crippen LogP contribution in [0.3, 0.4) is 0 Å². The van der Waals surface area contributed by atoms with Gasteiger partial charge in [-0.2, -0.15) is 0 Å². The summed E-state index contributed by atoms with van der Waals surface area (Å²) in [6.45, 7) is 1.96. The Morgan fingerprint density at radius 2 is 1.07 bits per heavy atom. The minimum absolute atomic E-state index is 0.681. The molecule has 3 aromatic carbocycles.